The third-order valence-corrected chi connectivity index (χ3v) is 3.95. The lowest BCUT2D eigenvalue weighted by atomic mass is 10.3. The Labute approximate surface area is 127 Å². The predicted molar refractivity (Wildman–Crippen MR) is 80.1 cm³/mol. The summed E-state index contributed by atoms with van der Waals surface area (Å²) in [4.78, 5) is 18.6. The molecule has 2 aromatic rings. The van der Waals surface area contributed by atoms with Crippen molar-refractivity contribution < 1.29 is 17.9 Å². The summed E-state index contributed by atoms with van der Waals surface area (Å²) in [7, 11) is -2.35. The molecular formula is C13H14N4O4S. The number of aromatic nitrogens is 2. The number of ether oxygens (including phenoxy) is 1. The van der Waals surface area contributed by atoms with E-state index in [-0.39, 0.29) is 22.5 Å². The van der Waals surface area contributed by atoms with Crippen LogP contribution in [0.2, 0.25) is 0 Å². The molecule has 0 aliphatic carbocycles. The van der Waals surface area contributed by atoms with E-state index < -0.39 is 10.0 Å². The summed E-state index contributed by atoms with van der Waals surface area (Å²) >= 11 is 0. The molecule has 116 valence electrons. The van der Waals surface area contributed by atoms with E-state index in [4.69, 9.17) is 4.74 Å². The Bertz CT molecular complexity index is 758. The van der Waals surface area contributed by atoms with Crippen LogP contribution in [0.5, 0.6) is 6.01 Å². The fourth-order valence-electron chi connectivity index (χ4n) is 1.61. The summed E-state index contributed by atoms with van der Waals surface area (Å²) in [6.07, 6.45) is 2.60. The van der Waals surface area contributed by atoms with Crippen molar-refractivity contribution in [3.05, 3.63) is 36.7 Å². The standard InChI is InChI=1S/C13H14N4O4S/c1-9(18)16-10-3-5-12(6-4-10)22(19,20)17-11-7-14-13(21-2)15-8-11/h3-8,17H,1-2H3,(H,16,18). The second-order valence-electron chi connectivity index (χ2n) is 4.27. The van der Waals surface area contributed by atoms with Gasteiger partial charge >= 0.3 is 6.01 Å². The number of carbonyl (C=O) groups is 1. The Morgan fingerprint density at radius 1 is 1.09 bits per heavy atom. The Kier molecular flexibility index (Phi) is 4.56. The largest absolute Gasteiger partial charge is 0.467 e. The molecule has 22 heavy (non-hydrogen) atoms. The van der Waals surface area contributed by atoms with E-state index >= 15 is 0 Å². The van der Waals surface area contributed by atoms with Crippen LogP contribution in [0, 0.1) is 0 Å². The average molecular weight is 322 g/mol. The van der Waals surface area contributed by atoms with E-state index in [1.165, 1.54) is 50.7 Å². The molecule has 0 radical (unpaired) electrons. The lowest BCUT2D eigenvalue weighted by Crippen LogP contribution is -2.13. The van der Waals surface area contributed by atoms with Gasteiger partial charge in [0.25, 0.3) is 10.0 Å². The van der Waals surface area contributed by atoms with Crippen LogP contribution in [0.4, 0.5) is 11.4 Å². The molecule has 0 unspecified atom stereocenters. The highest BCUT2D eigenvalue weighted by molar-refractivity contribution is 7.92. The molecule has 1 amide bonds. The first kappa shape index (κ1) is 15.7. The maximum Gasteiger partial charge on any atom is 0.316 e. The van der Waals surface area contributed by atoms with Crippen molar-refractivity contribution in [3.63, 3.8) is 0 Å². The number of methoxy groups -OCH3 is 1. The molecule has 1 heterocycles. The Morgan fingerprint density at radius 2 is 1.68 bits per heavy atom. The van der Waals surface area contributed by atoms with Crippen LogP contribution in [0.1, 0.15) is 6.92 Å². The minimum Gasteiger partial charge on any atom is -0.467 e. The number of nitrogens with one attached hydrogen (secondary N) is 2. The van der Waals surface area contributed by atoms with Crippen molar-refractivity contribution in [2.45, 2.75) is 11.8 Å². The monoisotopic (exact) mass is 322 g/mol. The number of hydrogen-bond donors (Lipinski definition) is 2. The number of anilines is 2. The lowest BCUT2D eigenvalue weighted by molar-refractivity contribution is -0.114. The molecule has 0 aliphatic rings. The second kappa shape index (κ2) is 6.39. The third-order valence-electron chi connectivity index (χ3n) is 2.55. The molecule has 2 rings (SSSR count). The highest BCUT2D eigenvalue weighted by Crippen LogP contribution is 2.18. The topological polar surface area (TPSA) is 110 Å². The summed E-state index contributed by atoms with van der Waals surface area (Å²) < 4.78 is 31.6. The zero-order valence-corrected chi connectivity index (χ0v) is 12.7. The van der Waals surface area contributed by atoms with Crippen LogP contribution in [0.3, 0.4) is 0 Å². The summed E-state index contributed by atoms with van der Waals surface area (Å²) in [5, 5.41) is 2.56. The molecule has 0 atom stereocenters. The summed E-state index contributed by atoms with van der Waals surface area (Å²) in [6, 6.07) is 5.92. The molecule has 0 spiro atoms. The van der Waals surface area contributed by atoms with Crippen LogP contribution in [-0.4, -0.2) is 31.4 Å². The Balaban J connectivity index is 2.16. The first-order valence-corrected chi connectivity index (χ1v) is 7.65. The van der Waals surface area contributed by atoms with E-state index in [1.807, 2.05) is 0 Å². The van der Waals surface area contributed by atoms with Crippen LogP contribution in [0.25, 0.3) is 0 Å². The van der Waals surface area contributed by atoms with Gasteiger partial charge in [0.2, 0.25) is 5.91 Å². The van der Waals surface area contributed by atoms with Crippen LogP contribution in [-0.2, 0) is 14.8 Å². The number of carbonyl (C=O) groups excluding carboxylic acids is 1. The van der Waals surface area contributed by atoms with Gasteiger partial charge in [0.1, 0.15) is 0 Å². The van der Waals surface area contributed by atoms with E-state index in [2.05, 4.69) is 20.0 Å². The lowest BCUT2D eigenvalue weighted by Gasteiger charge is -2.08. The highest BCUT2D eigenvalue weighted by Gasteiger charge is 2.14. The molecular weight excluding hydrogens is 308 g/mol. The average Bonchev–Trinajstić information content (AvgIpc) is 2.47. The maximum atomic E-state index is 12.2. The number of rotatable bonds is 5. The quantitative estimate of drug-likeness (QED) is 0.857. The van der Waals surface area contributed by atoms with Crippen molar-refractivity contribution in [1.29, 1.82) is 0 Å². The molecule has 0 fully saturated rings. The minimum atomic E-state index is -3.76. The van der Waals surface area contributed by atoms with E-state index in [0.29, 0.717) is 5.69 Å². The van der Waals surface area contributed by atoms with Gasteiger partial charge in [-0.15, -0.1) is 0 Å². The predicted octanol–water partition coefficient (Wildman–Crippen LogP) is 1.24. The van der Waals surface area contributed by atoms with E-state index in [0.717, 1.165) is 0 Å². The van der Waals surface area contributed by atoms with Crippen molar-refractivity contribution >= 4 is 27.3 Å². The van der Waals surface area contributed by atoms with Crippen molar-refractivity contribution in [1.82, 2.24) is 9.97 Å². The normalized spacial score (nSPS) is 10.8. The first-order valence-electron chi connectivity index (χ1n) is 6.17. The summed E-state index contributed by atoms with van der Waals surface area (Å²) in [6.45, 7) is 1.37. The molecule has 0 saturated carbocycles. The van der Waals surface area contributed by atoms with Crippen LogP contribution < -0.4 is 14.8 Å². The molecule has 9 heteroatoms. The molecule has 1 aromatic heterocycles. The fourth-order valence-corrected chi connectivity index (χ4v) is 2.64. The number of hydrogen-bond acceptors (Lipinski definition) is 6. The molecule has 0 bridgehead atoms. The smallest absolute Gasteiger partial charge is 0.316 e. The van der Waals surface area contributed by atoms with Gasteiger partial charge in [-0.1, -0.05) is 0 Å². The maximum absolute atomic E-state index is 12.2. The third kappa shape index (κ3) is 3.92. The number of nitrogens with zero attached hydrogens (tertiary/aromatic N) is 2. The minimum absolute atomic E-state index is 0.0532. The van der Waals surface area contributed by atoms with Gasteiger partial charge in [0, 0.05) is 12.6 Å². The van der Waals surface area contributed by atoms with Gasteiger partial charge in [0.15, 0.2) is 0 Å². The van der Waals surface area contributed by atoms with Gasteiger partial charge < -0.3 is 10.1 Å². The highest BCUT2D eigenvalue weighted by atomic mass is 32.2. The van der Waals surface area contributed by atoms with Gasteiger partial charge in [-0.05, 0) is 24.3 Å². The van der Waals surface area contributed by atoms with Gasteiger partial charge in [-0.3, -0.25) is 9.52 Å². The zero-order valence-electron chi connectivity index (χ0n) is 11.9. The van der Waals surface area contributed by atoms with Crippen molar-refractivity contribution in [2.75, 3.05) is 17.1 Å². The number of sulfonamides is 1. The molecule has 2 N–H and O–H groups in total. The van der Waals surface area contributed by atoms with Gasteiger partial charge in [0.05, 0.1) is 30.1 Å². The SMILES string of the molecule is COc1ncc(NS(=O)(=O)c2ccc(NC(C)=O)cc2)cn1. The summed E-state index contributed by atoms with van der Waals surface area (Å²) in [5.74, 6) is -0.232. The second-order valence-corrected chi connectivity index (χ2v) is 5.95. The molecule has 8 nitrogen and oxygen atoms in total. The van der Waals surface area contributed by atoms with E-state index in [9.17, 15) is 13.2 Å². The molecule has 1 aromatic carbocycles. The first-order chi connectivity index (χ1) is 10.4. The number of benzene rings is 1. The fraction of sp³-hybridized carbons (Fsp3) is 0.154. The number of amides is 1. The van der Waals surface area contributed by atoms with Crippen LogP contribution >= 0.6 is 0 Å². The van der Waals surface area contributed by atoms with Crippen molar-refractivity contribution in [2.24, 2.45) is 0 Å². The van der Waals surface area contributed by atoms with Gasteiger partial charge in [-0.25, -0.2) is 18.4 Å². The Morgan fingerprint density at radius 3 is 2.18 bits per heavy atom. The summed E-state index contributed by atoms with van der Waals surface area (Å²) in [5.41, 5.74) is 0.728. The zero-order chi connectivity index (χ0) is 16.2. The molecule has 0 aliphatic heterocycles. The van der Waals surface area contributed by atoms with E-state index in [1.54, 1.807) is 0 Å². The van der Waals surface area contributed by atoms with Crippen LogP contribution in [0.15, 0.2) is 41.6 Å². The van der Waals surface area contributed by atoms with Crippen molar-refractivity contribution in [3.8, 4) is 6.01 Å². The molecule has 0 saturated heterocycles. The van der Waals surface area contributed by atoms with Gasteiger partial charge in [-0.2, -0.15) is 0 Å². The Hall–Kier alpha value is -2.68.